The molecule has 101 heavy (non-hydrogen) atoms. The highest BCUT2D eigenvalue weighted by atomic mass is 31.2. The fraction of sp³-hybridized carbons (Fsp3) is 0.951. The van der Waals surface area contributed by atoms with Crippen molar-refractivity contribution in [3.8, 4) is 0 Å². The Kier molecular flexibility index (Phi) is 70.9. The van der Waals surface area contributed by atoms with Crippen LogP contribution in [0.4, 0.5) is 0 Å². The van der Waals surface area contributed by atoms with Gasteiger partial charge in [-0.1, -0.05) is 376 Å². The van der Waals surface area contributed by atoms with Gasteiger partial charge in [-0.3, -0.25) is 37.3 Å². The van der Waals surface area contributed by atoms with Crippen molar-refractivity contribution in [3.05, 3.63) is 0 Å². The maximum Gasteiger partial charge on any atom is 0.472 e. The zero-order valence-electron chi connectivity index (χ0n) is 66.4. The number of rotatable bonds is 80. The predicted octanol–water partition coefficient (Wildman–Crippen LogP) is 24.5. The van der Waals surface area contributed by atoms with Crippen LogP contribution in [0.2, 0.25) is 0 Å². The SMILES string of the molecule is CCCCCCCCCCCCCCCCCCCCC(=O)OC[C@H](COP(=O)(O)OC[C@@H](O)COP(=O)(O)OC[C@@H](COC(=O)CCCCCCCCCCC(C)C)OC(=O)CCCCCCCCCCC(C)C)OC(=O)CCCCCCCCCCCCCCCCCCCCC(C)C. The molecule has 0 amide bonds. The Morgan fingerprint density at radius 3 is 0.673 bits per heavy atom. The summed E-state index contributed by atoms with van der Waals surface area (Å²) in [5, 5.41) is 10.6. The maximum absolute atomic E-state index is 13.1. The van der Waals surface area contributed by atoms with Crippen molar-refractivity contribution in [2.45, 2.75) is 446 Å². The van der Waals surface area contributed by atoms with E-state index in [9.17, 15) is 43.2 Å². The Morgan fingerprint density at radius 1 is 0.267 bits per heavy atom. The second-order valence-electron chi connectivity index (χ2n) is 30.9. The van der Waals surface area contributed by atoms with Crippen LogP contribution in [-0.4, -0.2) is 96.7 Å². The number of hydrogen-bond donors (Lipinski definition) is 3. The first-order valence-electron chi connectivity index (χ1n) is 42.3. The van der Waals surface area contributed by atoms with E-state index in [2.05, 4.69) is 48.5 Å². The number of unbranched alkanes of at least 4 members (excludes halogenated alkanes) is 48. The van der Waals surface area contributed by atoms with E-state index in [1.807, 2.05) is 0 Å². The van der Waals surface area contributed by atoms with Gasteiger partial charge in [-0.05, 0) is 43.4 Å². The molecule has 0 heterocycles. The van der Waals surface area contributed by atoms with E-state index in [-0.39, 0.29) is 25.7 Å². The lowest BCUT2D eigenvalue weighted by molar-refractivity contribution is -0.161. The fourth-order valence-electron chi connectivity index (χ4n) is 12.7. The lowest BCUT2D eigenvalue weighted by Crippen LogP contribution is -2.30. The Balaban J connectivity index is 5.21. The van der Waals surface area contributed by atoms with E-state index < -0.39 is 97.5 Å². The van der Waals surface area contributed by atoms with Gasteiger partial charge in [0, 0.05) is 25.7 Å². The molecule has 0 fully saturated rings. The van der Waals surface area contributed by atoms with E-state index >= 15 is 0 Å². The van der Waals surface area contributed by atoms with Gasteiger partial charge in [0.25, 0.3) is 0 Å². The van der Waals surface area contributed by atoms with Crippen LogP contribution in [0.3, 0.4) is 0 Å². The number of phosphoric acid groups is 2. The van der Waals surface area contributed by atoms with Gasteiger partial charge in [-0.2, -0.15) is 0 Å². The monoisotopic (exact) mass is 1480 g/mol. The molecule has 0 aromatic rings. The Hall–Kier alpha value is -1.94. The molecule has 0 bridgehead atoms. The number of ether oxygens (including phenoxy) is 4. The first-order valence-corrected chi connectivity index (χ1v) is 45.3. The quantitative estimate of drug-likeness (QED) is 0.0222. The van der Waals surface area contributed by atoms with Gasteiger partial charge in [-0.15, -0.1) is 0 Å². The van der Waals surface area contributed by atoms with Crippen molar-refractivity contribution < 1.29 is 80.2 Å². The smallest absolute Gasteiger partial charge is 0.462 e. The van der Waals surface area contributed by atoms with Gasteiger partial charge in [0.2, 0.25) is 0 Å². The first kappa shape index (κ1) is 99.1. The Labute approximate surface area is 619 Å². The molecule has 0 spiro atoms. The van der Waals surface area contributed by atoms with Gasteiger partial charge in [0.1, 0.15) is 19.3 Å². The molecule has 0 saturated carbocycles. The fourth-order valence-corrected chi connectivity index (χ4v) is 14.2. The van der Waals surface area contributed by atoms with Crippen molar-refractivity contribution in [1.82, 2.24) is 0 Å². The van der Waals surface area contributed by atoms with Crippen molar-refractivity contribution in [1.29, 1.82) is 0 Å². The highest BCUT2D eigenvalue weighted by molar-refractivity contribution is 7.47. The Bertz CT molecular complexity index is 1960. The molecule has 0 saturated heterocycles. The molecular formula is C82H160O17P2. The van der Waals surface area contributed by atoms with E-state index in [4.69, 9.17) is 37.0 Å². The van der Waals surface area contributed by atoms with Crippen LogP contribution < -0.4 is 0 Å². The summed E-state index contributed by atoms with van der Waals surface area (Å²) in [6.07, 6.45) is 61.3. The number of aliphatic hydroxyl groups excluding tert-OH is 1. The van der Waals surface area contributed by atoms with Crippen LogP contribution in [0, 0.1) is 17.8 Å². The molecule has 0 aliphatic heterocycles. The van der Waals surface area contributed by atoms with Crippen molar-refractivity contribution >= 4 is 39.5 Å². The summed E-state index contributed by atoms with van der Waals surface area (Å²) in [5.41, 5.74) is 0. The van der Waals surface area contributed by atoms with Crippen molar-refractivity contribution in [2.75, 3.05) is 39.6 Å². The van der Waals surface area contributed by atoms with Gasteiger partial charge in [0.05, 0.1) is 26.4 Å². The normalized spacial score (nSPS) is 14.0. The second kappa shape index (κ2) is 72.3. The summed E-state index contributed by atoms with van der Waals surface area (Å²) in [6, 6.07) is 0. The largest absolute Gasteiger partial charge is 0.472 e. The van der Waals surface area contributed by atoms with Gasteiger partial charge in [0.15, 0.2) is 12.2 Å². The van der Waals surface area contributed by atoms with Crippen LogP contribution in [0.15, 0.2) is 0 Å². The number of hydrogen-bond acceptors (Lipinski definition) is 15. The lowest BCUT2D eigenvalue weighted by Gasteiger charge is -2.21. The van der Waals surface area contributed by atoms with Crippen LogP contribution in [0.5, 0.6) is 0 Å². The molecule has 0 radical (unpaired) electrons. The van der Waals surface area contributed by atoms with Crippen LogP contribution in [0.1, 0.15) is 427 Å². The third-order valence-corrected chi connectivity index (χ3v) is 21.0. The minimum absolute atomic E-state index is 0.104. The van der Waals surface area contributed by atoms with Crippen molar-refractivity contribution in [2.24, 2.45) is 17.8 Å². The van der Waals surface area contributed by atoms with Crippen LogP contribution in [0.25, 0.3) is 0 Å². The van der Waals surface area contributed by atoms with E-state index in [0.29, 0.717) is 25.7 Å². The maximum atomic E-state index is 13.1. The lowest BCUT2D eigenvalue weighted by atomic mass is 10.0. The average molecular weight is 1480 g/mol. The standard InChI is InChI=1S/C82H160O17P2/c1-8-9-10-11-12-13-14-15-16-17-21-24-27-30-33-42-49-56-63-79(84)92-69-77(98-81(86)65-58-51-44-34-31-28-25-22-19-18-20-23-26-29-32-39-46-53-60-73(2)3)71-96-100(88,89)94-67-76(83)68-95-101(90,91)97-72-78(99-82(87)66-59-52-45-38-36-41-48-55-62-75(6)7)70-93-80(85)64-57-50-43-37-35-40-47-54-61-74(4)5/h73-78,83H,8-72H2,1-7H3,(H,88,89)(H,90,91)/t76-,77-,78-/m1/s1. The average Bonchev–Trinajstić information content (AvgIpc) is 0.957. The zero-order chi connectivity index (χ0) is 74.4. The second-order valence-corrected chi connectivity index (χ2v) is 33.8. The van der Waals surface area contributed by atoms with Gasteiger partial charge in [-0.25, -0.2) is 9.13 Å². The van der Waals surface area contributed by atoms with E-state index in [1.54, 1.807) is 0 Å². The molecular weight excluding hydrogens is 1320 g/mol. The number of aliphatic hydroxyl groups is 1. The van der Waals surface area contributed by atoms with Gasteiger partial charge < -0.3 is 33.8 Å². The topological polar surface area (TPSA) is 237 Å². The van der Waals surface area contributed by atoms with Crippen LogP contribution in [-0.2, 0) is 65.4 Å². The highest BCUT2D eigenvalue weighted by Crippen LogP contribution is 2.45. The summed E-state index contributed by atoms with van der Waals surface area (Å²) in [5.74, 6) is 0.152. The molecule has 0 aliphatic rings. The summed E-state index contributed by atoms with van der Waals surface area (Å²) in [6.45, 7) is 11.9. The summed E-state index contributed by atoms with van der Waals surface area (Å²) >= 11 is 0. The molecule has 0 aliphatic carbocycles. The number of carbonyl (C=O) groups excluding carboxylic acids is 4. The summed E-state index contributed by atoms with van der Waals surface area (Å²) in [7, 11) is -9.92. The molecule has 19 heteroatoms. The Morgan fingerprint density at radius 2 is 0.455 bits per heavy atom. The molecule has 17 nitrogen and oxygen atoms in total. The number of esters is 4. The zero-order valence-corrected chi connectivity index (χ0v) is 68.2. The first-order chi connectivity index (χ1) is 48.7. The van der Waals surface area contributed by atoms with Crippen molar-refractivity contribution in [3.63, 3.8) is 0 Å². The summed E-state index contributed by atoms with van der Waals surface area (Å²) < 4.78 is 68.7. The summed E-state index contributed by atoms with van der Waals surface area (Å²) in [4.78, 5) is 73.0. The minimum atomic E-state index is -4.96. The third-order valence-electron chi connectivity index (χ3n) is 19.1. The molecule has 0 aromatic heterocycles. The molecule has 5 atom stereocenters. The molecule has 2 unspecified atom stereocenters. The minimum Gasteiger partial charge on any atom is -0.462 e. The number of phosphoric ester groups is 2. The molecule has 0 rings (SSSR count). The number of carbonyl (C=O) groups is 4. The third kappa shape index (κ3) is 76.1. The van der Waals surface area contributed by atoms with E-state index in [0.717, 1.165) is 108 Å². The highest BCUT2D eigenvalue weighted by Gasteiger charge is 2.30. The van der Waals surface area contributed by atoms with Crippen LogP contribution >= 0.6 is 15.6 Å². The molecule has 3 N–H and O–H groups in total. The predicted molar refractivity (Wildman–Crippen MR) is 414 cm³/mol. The molecule has 0 aromatic carbocycles. The molecule has 600 valence electrons. The van der Waals surface area contributed by atoms with E-state index in [1.165, 1.54) is 238 Å². The van der Waals surface area contributed by atoms with Gasteiger partial charge >= 0.3 is 39.5 Å².